The first-order chi connectivity index (χ1) is 12.2. The fourth-order valence-electron chi connectivity index (χ4n) is 1.97. The van der Waals surface area contributed by atoms with E-state index in [2.05, 4.69) is 16.0 Å². The molecule has 0 aliphatic heterocycles. The monoisotopic (exact) mass is 363 g/mol. The Bertz CT molecular complexity index is 625. The Balaban J connectivity index is 2.30. The molecule has 0 saturated carbocycles. The fourth-order valence-corrected chi connectivity index (χ4v) is 1.97. The van der Waals surface area contributed by atoms with Crippen LogP contribution in [0.1, 0.15) is 26.3 Å². The number of hydrogen-bond donors (Lipinski definition) is 3. The molecule has 1 atom stereocenters. The normalized spacial score (nSPS) is 11.8. The van der Waals surface area contributed by atoms with Crippen LogP contribution in [0, 0.1) is 0 Å². The molecule has 3 N–H and O–H groups in total. The second-order valence-electron chi connectivity index (χ2n) is 6.63. The number of carbonyl (C=O) groups is 4. The lowest BCUT2D eigenvalue weighted by Crippen LogP contribution is -2.46. The van der Waals surface area contributed by atoms with Crippen molar-refractivity contribution < 1.29 is 23.9 Å². The lowest BCUT2D eigenvalue weighted by atomic mass is 10.1. The third-order valence-corrected chi connectivity index (χ3v) is 3.05. The second kappa shape index (κ2) is 10.2. The fraction of sp³-hybridized carbons (Fsp3) is 0.444. The van der Waals surface area contributed by atoms with Crippen molar-refractivity contribution in [2.45, 2.75) is 38.8 Å². The van der Waals surface area contributed by atoms with Gasteiger partial charge in [0.05, 0.1) is 12.6 Å². The summed E-state index contributed by atoms with van der Waals surface area (Å²) in [7, 11) is 0. The van der Waals surface area contributed by atoms with Crippen molar-refractivity contribution in [3.63, 3.8) is 0 Å². The van der Waals surface area contributed by atoms with Crippen molar-refractivity contribution >= 4 is 24.2 Å². The smallest absolute Gasteiger partial charge is 0.408 e. The molecule has 0 fully saturated rings. The van der Waals surface area contributed by atoms with Crippen LogP contribution in [0.15, 0.2) is 30.3 Å². The van der Waals surface area contributed by atoms with Gasteiger partial charge in [0.1, 0.15) is 18.4 Å². The highest BCUT2D eigenvalue weighted by Crippen LogP contribution is 2.06. The van der Waals surface area contributed by atoms with Crippen molar-refractivity contribution in [1.29, 1.82) is 0 Å². The molecule has 0 saturated heterocycles. The summed E-state index contributed by atoms with van der Waals surface area (Å²) in [5.41, 5.74) is 0.249. The van der Waals surface area contributed by atoms with E-state index < -0.39 is 29.6 Å². The van der Waals surface area contributed by atoms with Crippen LogP contribution < -0.4 is 16.0 Å². The van der Waals surface area contributed by atoms with Gasteiger partial charge in [-0.2, -0.15) is 0 Å². The van der Waals surface area contributed by atoms with Crippen LogP contribution in [-0.4, -0.2) is 48.9 Å². The summed E-state index contributed by atoms with van der Waals surface area (Å²) >= 11 is 0. The predicted octanol–water partition coefficient (Wildman–Crippen LogP) is 0.554. The molecule has 0 spiro atoms. The van der Waals surface area contributed by atoms with E-state index in [-0.39, 0.29) is 13.1 Å². The Hall–Kier alpha value is -2.90. The standard InChI is InChI=1S/C18H25N3O5/c1-18(2,3)26-17(25)20-10-15(23)19-11-16(24)21-14(12-22)9-13-7-5-4-6-8-13/h4-8,12,14H,9-11H2,1-3H3,(H,19,23)(H,20,25)(H,21,24)/t14-/m0/s1. The molecule has 0 aromatic heterocycles. The molecule has 1 aromatic carbocycles. The number of alkyl carbamates (subject to hydrolysis) is 1. The average molecular weight is 363 g/mol. The van der Waals surface area contributed by atoms with Crippen molar-refractivity contribution in [2.75, 3.05) is 13.1 Å². The molecule has 1 aromatic rings. The van der Waals surface area contributed by atoms with Gasteiger partial charge in [-0.15, -0.1) is 0 Å². The third kappa shape index (κ3) is 9.41. The van der Waals surface area contributed by atoms with E-state index in [1.54, 1.807) is 20.8 Å². The number of hydrogen-bond acceptors (Lipinski definition) is 5. The van der Waals surface area contributed by atoms with Gasteiger partial charge >= 0.3 is 6.09 Å². The van der Waals surface area contributed by atoms with Crippen LogP contribution in [0.2, 0.25) is 0 Å². The SMILES string of the molecule is CC(C)(C)OC(=O)NCC(=O)NCC(=O)N[C@H](C=O)Cc1ccccc1. The van der Waals surface area contributed by atoms with Gasteiger partial charge in [0, 0.05) is 0 Å². The van der Waals surface area contributed by atoms with E-state index in [1.165, 1.54) is 0 Å². The molecule has 1 rings (SSSR count). The van der Waals surface area contributed by atoms with Crippen LogP contribution in [0.4, 0.5) is 4.79 Å². The molecule has 0 radical (unpaired) electrons. The first-order valence-corrected chi connectivity index (χ1v) is 8.22. The van der Waals surface area contributed by atoms with Crippen LogP contribution >= 0.6 is 0 Å². The number of carbonyl (C=O) groups excluding carboxylic acids is 4. The summed E-state index contributed by atoms with van der Waals surface area (Å²) in [4.78, 5) is 46.0. The molecule has 0 aliphatic rings. The summed E-state index contributed by atoms with van der Waals surface area (Å²) in [5.74, 6) is -1.04. The minimum Gasteiger partial charge on any atom is -0.444 e. The first-order valence-electron chi connectivity index (χ1n) is 8.22. The zero-order chi connectivity index (χ0) is 19.6. The number of rotatable bonds is 8. The molecule has 0 bridgehead atoms. The lowest BCUT2D eigenvalue weighted by Gasteiger charge is -2.19. The minimum atomic E-state index is -0.721. The number of benzene rings is 1. The van der Waals surface area contributed by atoms with Crippen LogP contribution in [-0.2, 0) is 25.5 Å². The summed E-state index contributed by atoms with van der Waals surface area (Å²) < 4.78 is 4.99. The topological polar surface area (TPSA) is 114 Å². The molecule has 0 unspecified atom stereocenters. The Labute approximate surface area is 152 Å². The molecule has 0 heterocycles. The van der Waals surface area contributed by atoms with Gasteiger partial charge in [-0.05, 0) is 32.8 Å². The van der Waals surface area contributed by atoms with E-state index in [0.29, 0.717) is 12.7 Å². The second-order valence-corrected chi connectivity index (χ2v) is 6.63. The van der Waals surface area contributed by atoms with Gasteiger partial charge in [-0.25, -0.2) is 4.79 Å². The minimum absolute atomic E-state index is 0.298. The van der Waals surface area contributed by atoms with Crippen LogP contribution in [0.25, 0.3) is 0 Å². The Morgan fingerprint density at radius 2 is 1.65 bits per heavy atom. The maximum atomic E-state index is 11.8. The molecule has 0 aliphatic carbocycles. The van der Waals surface area contributed by atoms with Crippen LogP contribution in [0.5, 0.6) is 0 Å². The van der Waals surface area contributed by atoms with Gasteiger partial charge in [-0.1, -0.05) is 30.3 Å². The van der Waals surface area contributed by atoms with Crippen LogP contribution in [0.3, 0.4) is 0 Å². The molecular weight excluding hydrogens is 338 g/mol. The summed E-state index contributed by atoms with van der Waals surface area (Å²) in [6.45, 7) is 4.50. The van der Waals surface area contributed by atoms with E-state index in [0.717, 1.165) is 5.56 Å². The maximum Gasteiger partial charge on any atom is 0.408 e. The molecular formula is C18H25N3O5. The number of amides is 3. The summed E-state index contributed by atoms with van der Waals surface area (Å²) in [6.07, 6.45) is 0.294. The highest BCUT2D eigenvalue weighted by atomic mass is 16.6. The zero-order valence-electron chi connectivity index (χ0n) is 15.2. The van der Waals surface area contributed by atoms with Crippen molar-refractivity contribution in [1.82, 2.24) is 16.0 Å². The van der Waals surface area contributed by atoms with E-state index in [4.69, 9.17) is 4.74 Å². The third-order valence-electron chi connectivity index (χ3n) is 3.05. The average Bonchev–Trinajstić information content (AvgIpc) is 2.57. The van der Waals surface area contributed by atoms with E-state index >= 15 is 0 Å². The van der Waals surface area contributed by atoms with Crippen molar-refractivity contribution in [3.8, 4) is 0 Å². The summed E-state index contributed by atoms with van der Waals surface area (Å²) in [5, 5.41) is 7.18. The molecule has 8 heteroatoms. The Morgan fingerprint density at radius 3 is 2.23 bits per heavy atom. The van der Waals surface area contributed by atoms with Crippen molar-refractivity contribution in [2.24, 2.45) is 0 Å². The highest BCUT2D eigenvalue weighted by molar-refractivity contribution is 5.88. The van der Waals surface area contributed by atoms with E-state index in [9.17, 15) is 19.2 Å². The van der Waals surface area contributed by atoms with Gasteiger partial charge in [-0.3, -0.25) is 9.59 Å². The maximum absolute atomic E-state index is 11.8. The Kier molecular flexibility index (Phi) is 8.27. The first kappa shape index (κ1) is 21.1. The van der Waals surface area contributed by atoms with Gasteiger partial charge in [0.25, 0.3) is 0 Å². The van der Waals surface area contributed by atoms with Crippen molar-refractivity contribution in [3.05, 3.63) is 35.9 Å². The Morgan fingerprint density at radius 1 is 1.04 bits per heavy atom. The van der Waals surface area contributed by atoms with E-state index in [1.807, 2.05) is 30.3 Å². The quantitative estimate of drug-likeness (QED) is 0.584. The number of ether oxygens (including phenoxy) is 1. The summed E-state index contributed by atoms with van der Waals surface area (Å²) in [6, 6.07) is 8.58. The number of nitrogens with one attached hydrogen (secondary N) is 3. The lowest BCUT2D eigenvalue weighted by molar-refractivity contribution is -0.126. The molecule has 26 heavy (non-hydrogen) atoms. The molecule has 3 amide bonds. The predicted molar refractivity (Wildman–Crippen MR) is 95.4 cm³/mol. The van der Waals surface area contributed by atoms with Gasteiger partial charge in [0.15, 0.2) is 0 Å². The largest absolute Gasteiger partial charge is 0.444 e. The number of aldehydes is 1. The molecule has 8 nitrogen and oxygen atoms in total. The van der Waals surface area contributed by atoms with Gasteiger partial charge in [0.2, 0.25) is 11.8 Å². The van der Waals surface area contributed by atoms with Gasteiger partial charge < -0.3 is 25.5 Å². The highest BCUT2D eigenvalue weighted by Gasteiger charge is 2.17. The molecule has 142 valence electrons. The zero-order valence-corrected chi connectivity index (χ0v) is 15.2.